The number of ether oxygens (including phenoxy) is 2. The van der Waals surface area contributed by atoms with Crippen molar-refractivity contribution in [1.29, 1.82) is 0 Å². The molecule has 1 amide bonds. The molecule has 0 aromatic heterocycles. The van der Waals surface area contributed by atoms with Crippen LogP contribution in [0.3, 0.4) is 0 Å². The average molecular weight is 912 g/mol. The molecule has 11 heteroatoms. The van der Waals surface area contributed by atoms with Crippen LogP contribution in [0.1, 0.15) is 115 Å². The highest BCUT2D eigenvalue weighted by molar-refractivity contribution is 9.10. The number of halogens is 3. The van der Waals surface area contributed by atoms with Crippen LogP contribution in [-0.4, -0.2) is 53.2 Å². The zero-order valence-electron chi connectivity index (χ0n) is 32.0. The summed E-state index contributed by atoms with van der Waals surface area (Å²) in [6, 6.07) is 29.9. The van der Waals surface area contributed by atoms with E-state index < -0.39 is 5.24 Å². The largest absolute Gasteiger partial charge is 0.493 e. The number of para-hydroxylation sites is 2. The van der Waals surface area contributed by atoms with Crippen molar-refractivity contribution in [3.8, 4) is 11.5 Å². The number of carbonyl (C=O) groups is 5. The van der Waals surface area contributed by atoms with Crippen LogP contribution in [-0.2, 0) is 16.1 Å². The Morgan fingerprint density at radius 3 is 1.64 bits per heavy atom. The monoisotopic (exact) mass is 909 g/mol. The second-order valence-corrected chi connectivity index (χ2v) is 15.6. The standard InChI is InChI=1S/C24H28BrNO3.C14H18O3.C7H4BrClO/c1-18(27)7-3-2-6-16-29-23-9-5-4-8-20(23)17-26(22-14-15-22)24(28)19-10-12-21(25)13-11-19;1-12(16)7-3-2-6-10-17-14-9-5-4-8-13(14)11-15;8-6-3-1-5(2-4-6)7(9)10/h4-5,8-13,22H,2-3,6-7,14-17H2,1H3;4-5,8-9,11H,2-3,6-7,10H2,1H3;1-4H. The number of Topliss-reactive ketones (excluding diaryl/α,β-unsaturated/α-hetero) is 2. The van der Waals surface area contributed by atoms with Gasteiger partial charge in [0, 0.05) is 51.1 Å². The normalized spacial score (nSPS) is 11.5. The number of hydrogen-bond donors (Lipinski definition) is 0. The van der Waals surface area contributed by atoms with Gasteiger partial charge in [0.05, 0.1) is 18.8 Å². The molecule has 0 radical (unpaired) electrons. The summed E-state index contributed by atoms with van der Waals surface area (Å²) in [6.45, 7) is 5.01. The first-order chi connectivity index (χ1) is 27.0. The number of benzene rings is 4. The lowest BCUT2D eigenvalue weighted by Crippen LogP contribution is -2.32. The van der Waals surface area contributed by atoms with Gasteiger partial charge in [-0.1, -0.05) is 62.2 Å². The third kappa shape index (κ3) is 18.2. The van der Waals surface area contributed by atoms with E-state index >= 15 is 0 Å². The fourth-order valence-electron chi connectivity index (χ4n) is 5.43. The first-order valence-corrected chi connectivity index (χ1v) is 20.8. The van der Waals surface area contributed by atoms with Gasteiger partial charge >= 0.3 is 0 Å². The second-order valence-electron chi connectivity index (χ2n) is 13.4. The van der Waals surface area contributed by atoms with Crippen LogP contribution in [0, 0.1) is 0 Å². The maximum absolute atomic E-state index is 13.1. The summed E-state index contributed by atoms with van der Waals surface area (Å²) in [5.74, 6) is 2.02. The minimum absolute atomic E-state index is 0.0686. The molecule has 0 aliphatic heterocycles. The lowest BCUT2D eigenvalue weighted by atomic mass is 10.1. The van der Waals surface area contributed by atoms with Gasteiger partial charge in [0.1, 0.15) is 23.1 Å². The molecule has 0 unspecified atom stereocenters. The van der Waals surface area contributed by atoms with Gasteiger partial charge in [-0.2, -0.15) is 0 Å². The van der Waals surface area contributed by atoms with Crippen molar-refractivity contribution in [2.75, 3.05) is 13.2 Å². The molecule has 1 fully saturated rings. The molecule has 0 spiro atoms. The Balaban J connectivity index is 0.000000261. The van der Waals surface area contributed by atoms with Crippen LogP contribution in [0.25, 0.3) is 0 Å². The van der Waals surface area contributed by atoms with E-state index in [-0.39, 0.29) is 17.5 Å². The van der Waals surface area contributed by atoms with Gasteiger partial charge in [0.15, 0.2) is 6.29 Å². The van der Waals surface area contributed by atoms with Gasteiger partial charge in [-0.3, -0.25) is 14.4 Å². The highest BCUT2D eigenvalue weighted by Gasteiger charge is 2.33. The number of carbonyl (C=O) groups excluding carboxylic acids is 5. The summed E-state index contributed by atoms with van der Waals surface area (Å²) < 4.78 is 13.4. The van der Waals surface area contributed by atoms with Gasteiger partial charge in [0.25, 0.3) is 11.1 Å². The van der Waals surface area contributed by atoms with E-state index in [0.29, 0.717) is 61.1 Å². The van der Waals surface area contributed by atoms with Crippen LogP contribution in [0.15, 0.2) is 106 Å². The van der Waals surface area contributed by atoms with Crippen molar-refractivity contribution in [3.63, 3.8) is 0 Å². The Morgan fingerprint density at radius 1 is 0.661 bits per heavy atom. The van der Waals surface area contributed by atoms with Crippen LogP contribution >= 0.6 is 43.5 Å². The predicted octanol–water partition coefficient (Wildman–Crippen LogP) is 11.6. The summed E-state index contributed by atoms with van der Waals surface area (Å²) in [5, 5.41) is -0.424. The van der Waals surface area contributed by atoms with Gasteiger partial charge in [-0.15, -0.1) is 0 Å². The topological polar surface area (TPSA) is 107 Å². The summed E-state index contributed by atoms with van der Waals surface area (Å²) in [4.78, 5) is 58.0. The van der Waals surface area contributed by atoms with E-state index in [1.807, 2.05) is 65.6 Å². The van der Waals surface area contributed by atoms with Gasteiger partial charge < -0.3 is 24.0 Å². The summed E-state index contributed by atoms with van der Waals surface area (Å²) in [6.07, 6.45) is 9.81. The molecule has 1 aliphatic carbocycles. The van der Waals surface area contributed by atoms with E-state index in [4.69, 9.17) is 21.1 Å². The molecule has 0 saturated heterocycles. The lowest BCUT2D eigenvalue weighted by Gasteiger charge is -2.24. The average Bonchev–Trinajstić information content (AvgIpc) is 4.03. The van der Waals surface area contributed by atoms with Gasteiger partial charge in [-0.05, 0) is 144 Å². The van der Waals surface area contributed by atoms with E-state index in [1.54, 1.807) is 50.2 Å². The molecule has 4 aromatic carbocycles. The van der Waals surface area contributed by atoms with E-state index in [1.165, 1.54) is 0 Å². The van der Waals surface area contributed by atoms with Crippen molar-refractivity contribution in [2.24, 2.45) is 0 Å². The number of hydrogen-bond acceptors (Lipinski definition) is 7. The Morgan fingerprint density at radius 2 is 1.14 bits per heavy atom. The number of unbranched alkanes of at least 4 members (excludes halogenated alkanes) is 4. The van der Waals surface area contributed by atoms with Gasteiger partial charge in [-0.25, -0.2) is 0 Å². The van der Waals surface area contributed by atoms with E-state index in [9.17, 15) is 24.0 Å². The smallest absolute Gasteiger partial charge is 0.254 e. The highest BCUT2D eigenvalue weighted by Crippen LogP contribution is 2.32. The number of nitrogens with zero attached hydrogens (tertiary/aromatic N) is 1. The van der Waals surface area contributed by atoms with Crippen molar-refractivity contribution < 1.29 is 33.4 Å². The van der Waals surface area contributed by atoms with Crippen LogP contribution in [0.4, 0.5) is 0 Å². The maximum Gasteiger partial charge on any atom is 0.254 e. The molecule has 5 rings (SSSR count). The number of aldehydes is 1. The number of ketones is 2. The first kappa shape index (κ1) is 46.3. The Kier molecular flexibility index (Phi) is 21.4. The summed E-state index contributed by atoms with van der Waals surface area (Å²) in [7, 11) is 0. The minimum Gasteiger partial charge on any atom is -0.493 e. The highest BCUT2D eigenvalue weighted by atomic mass is 79.9. The zero-order chi connectivity index (χ0) is 40.7. The molecule has 8 nitrogen and oxygen atoms in total. The molecule has 1 saturated carbocycles. The van der Waals surface area contributed by atoms with Crippen LogP contribution in [0.2, 0.25) is 0 Å². The molecular weight excluding hydrogens is 862 g/mol. The Hall–Kier alpha value is -4.12. The van der Waals surface area contributed by atoms with Crippen LogP contribution < -0.4 is 9.47 Å². The van der Waals surface area contributed by atoms with Crippen LogP contribution in [0.5, 0.6) is 11.5 Å². The molecule has 0 N–H and O–H groups in total. The number of rotatable bonds is 20. The second kappa shape index (κ2) is 25.9. The summed E-state index contributed by atoms with van der Waals surface area (Å²) in [5.41, 5.74) is 2.85. The van der Waals surface area contributed by atoms with E-state index in [0.717, 1.165) is 77.9 Å². The van der Waals surface area contributed by atoms with Crippen molar-refractivity contribution >= 4 is 72.5 Å². The van der Waals surface area contributed by atoms with Gasteiger partial charge in [0.2, 0.25) is 0 Å². The van der Waals surface area contributed by atoms with Crippen molar-refractivity contribution in [3.05, 3.63) is 128 Å². The zero-order valence-corrected chi connectivity index (χ0v) is 36.0. The Labute approximate surface area is 352 Å². The maximum atomic E-state index is 13.1. The molecule has 56 heavy (non-hydrogen) atoms. The molecule has 298 valence electrons. The molecule has 1 aliphatic rings. The molecule has 0 bridgehead atoms. The molecular formula is C45H50Br2ClNO7. The number of amides is 1. The summed E-state index contributed by atoms with van der Waals surface area (Å²) >= 11 is 11.9. The third-order valence-electron chi connectivity index (χ3n) is 8.63. The fraction of sp³-hybridized carbons (Fsp3) is 0.356. The van der Waals surface area contributed by atoms with Crippen molar-refractivity contribution in [2.45, 2.75) is 90.6 Å². The molecule has 0 atom stereocenters. The molecule has 0 heterocycles. The third-order valence-corrected chi connectivity index (χ3v) is 9.91. The SMILES string of the molecule is CC(=O)CCCCCOc1ccccc1C=O.CC(=O)CCCCCOc1ccccc1CN(C(=O)c1ccc(Br)cc1)C1CC1.O=C(Cl)c1ccc(Br)cc1. The Bertz CT molecular complexity index is 1850. The molecule has 4 aromatic rings. The van der Waals surface area contributed by atoms with E-state index in [2.05, 4.69) is 31.9 Å². The quantitative estimate of drug-likeness (QED) is 0.0494. The fourth-order valence-corrected chi connectivity index (χ4v) is 6.08. The lowest BCUT2D eigenvalue weighted by molar-refractivity contribution is -0.118. The minimum atomic E-state index is -0.424. The predicted molar refractivity (Wildman–Crippen MR) is 229 cm³/mol. The van der Waals surface area contributed by atoms with Crippen molar-refractivity contribution in [1.82, 2.24) is 4.90 Å². The first-order valence-electron chi connectivity index (χ1n) is 18.9.